The minimum atomic E-state index is -0.260. The van der Waals surface area contributed by atoms with Crippen LogP contribution >= 0.6 is 0 Å². The molecule has 0 radical (unpaired) electrons. The van der Waals surface area contributed by atoms with Gasteiger partial charge in [0.1, 0.15) is 5.75 Å². The third-order valence-corrected chi connectivity index (χ3v) is 4.23. The molecule has 0 aliphatic carbocycles. The van der Waals surface area contributed by atoms with Crippen molar-refractivity contribution in [1.29, 1.82) is 0 Å². The number of fused-ring (bicyclic) bond motifs is 1. The van der Waals surface area contributed by atoms with E-state index in [2.05, 4.69) is 24.5 Å². The molecule has 0 spiro atoms. The number of amides is 2. The van der Waals surface area contributed by atoms with Gasteiger partial charge in [-0.25, -0.2) is 0 Å². The second-order valence-electron chi connectivity index (χ2n) is 6.44. The van der Waals surface area contributed by atoms with Crippen LogP contribution < -0.4 is 15.4 Å². The van der Waals surface area contributed by atoms with Crippen LogP contribution in [-0.4, -0.2) is 25.0 Å². The van der Waals surface area contributed by atoms with Crippen molar-refractivity contribution in [3.63, 3.8) is 0 Å². The molecule has 25 heavy (non-hydrogen) atoms. The van der Waals surface area contributed by atoms with Crippen LogP contribution in [0.2, 0.25) is 0 Å². The number of ether oxygens (including phenoxy) is 1. The summed E-state index contributed by atoms with van der Waals surface area (Å²) in [7, 11) is 0. The summed E-state index contributed by atoms with van der Waals surface area (Å²) in [6.07, 6.45) is 0.810. The Bertz CT molecular complexity index is 782. The monoisotopic (exact) mass is 338 g/mol. The first-order valence-corrected chi connectivity index (χ1v) is 8.46. The largest absolute Gasteiger partial charge is 0.484 e. The molecule has 2 amide bonds. The third kappa shape index (κ3) is 4.18. The van der Waals surface area contributed by atoms with E-state index in [-0.39, 0.29) is 18.4 Å². The Hall–Kier alpha value is -2.82. The van der Waals surface area contributed by atoms with Crippen molar-refractivity contribution in [3.05, 3.63) is 59.2 Å². The molecule has 1 aliphatic heterocycles. The predicted octanol–water partition coefficient (Wildman–Crippen LogP) is 3.11. The maximum atomic E-state index is 12.1. The van der Waals surface area contributed by atoms with Crippen molar-refractivity contribution in [2.24, 2.45) is 0 Å². The average Bonchev–Trinajstić information content (AvgIpc) is 2.61. The molecule has 5 nitrogen and oxygen atoms in total. The Morgan fingerprint density at radius 3 is 2.68 bits per heavy atom. The summed E-state index contributed by atoms with van der Waals surface area (Å²) in [5.74, 6) is 0.755. The maximum absolute atomic E-state index is 12.1. The zero-order chi connectivity index (χ0) is 17.8. The Morgan fingerprint density at radius 1 is 1.20 bits per heavy atom. The number of benzene rings is 2. The first-order valence-electron chi connectivity index (χ1n) is 8.46. The average molecular weight is 338 g/mol. The lowest BCUT2D eigenvalue weighted by Crippen LogP contribution is -2.32. The van der Waals surface area contributed by atoms with Gasteiger partial charge < -0.3 is 15.4 Å². The van der Waals surface area contributed by atoms with Gasteiger partial charge in [0.25, 0.3) is 11.8 Å². The van der Waals surface area contributed by atoms with E-state index >= 15 is 0 Å². The van der Waals surface area contributed by atoms with E-state index in [1.54, 1.807) is 6.07 Å². The van der Waals surface area contributed by atoms with Crippen molar-refractivity contribution < 1.29 is 14.3 Å². The van der Waals surface area contributed by atoms with Crippen LogP contribution in [0.3, 0.4) is 0 Å². The lowest BCUT2D eigenvalue weighted by Gasteiger charge is -2.17. The highest BCUT2D eigenvalue weighted by Crippen LogP contribution is 2.20. The van der Waals surface area contributed by atoms with Crippen LogP contribution in [0.5, 0.6) is 5.75 Å². The molecular weight excluding hydrogens is 316 g/mol. The molecule has 0 saturated carbocycles. The highest BCUT2D eigenvalue weighted by atomic mass is 16.5. The smallest absolute Gasteiger partial charge is 0.262 e. The van der Waals surface area contributed by atoms with Crippen LogP contribution in [0.1, 0.15) is 41.3 Å². The fourth-order valence-corrected chi connectivity index (χ4v) is 2.78. The van der Waals surface area contributed by atoms with Crippen LogP contribution in [0, 0.1) is 0 Å². The van der Waals surface area contributed by atoms with E-state index in [4.69, 9.17) is 4.74 Å². The van der Waals surface area contributed by atoms with Gasteiger partial charge in [-0.3, -0.25) is 9.59 Å². The van der Waals surface area contributed by atoms with Crippen molar-refractivity contribution in [2.45, 2.75) is 26.2 Å². The van der Waals surface area contributed by atoms with Crippen molar-refractivity contribution in [1.82, 2.24) is 5.32 Å². The third-order valence-electron chi connectivity index (χ3n) is 4.23. The van der Waals surface area contributed by atoms with E-state index in [1.165, 1.54) is 5.56 Å². The van der Waals surface area contributed by atoms with Crippen molar-refractivity contribution >= 4 is 17.5 Å². The topological polar surface area (TPSA) is 67.4 Å². The Labute approximate surface area is 147 Å². The van der Waals surface area contributed by atoms with Crippen LogP contribution in [-0.2, 0) is 11.2 Å². The predicted molar refractivity (Wildman–Crippen MR) is 97.1 cm³/mol. The van der Waals surface area contributed by atoms with E-state index in [9.17, 15) is 9.59 Å². The highest BCUT2D eigenvalue weighted by molar-refractivity contribution is 5.99. The molecule has 2 aromatic carbocycles. The van der Waals surface area contributed by atoms with Gasteiger partial charge in [0.05, 0.1) is 0 Å². The first-order chi connectivity index (χ1) is 12.0. The molecule has 130 valence electrons. The molecule has 1 aliphatic rings. The summed E-state index contributed by atoms with van der Waals surface area (Å²) in [6, 6.07) is 13.1. The lowest BCUT2D eigenvalue weighted by molar-refractivity contribution is -0.118. The minimum Gasteiger partial charge on any atom is -0.484 e. The van der Waals surface area contributed by atoms with Gasteiger partial charge in [0, 0.05) is 17.8 Å². The lowest BCUT2D eigenvalue weighted by atomic mass is 10.00. The SMILES string of the molecule is CC(C)c1ccc(OCC(=O)Nc2ccc3c(c2)C(=O)NCC3)cc1. The summed E-state index contributed by atoms with van der Waals surface area (Å²) in [6.45, 7) is 4.83. The van der Waals surface area contributed by atoms with E-state index in [0.29, 0.717) is 29.5 Å². The Morgan fingerprint density at radius 2 is 1.96 bits per heavy atom. The summed E-state index contributed by atoms with van der Waals surface area (Å²) in [4.78, 5) is 23.9. The Balaban J connectivity index is 1.57. The number of anilines is 1. The van der Waals surface area contributed by atoms with Gasteiger partial charge in [-0.15, -0.1) is 0 Å². The number of carbonyl (C=O) groups is 2. The molecular formula is C20H22N2O3. The van der Waals surface area contributed by atoms with E-state index < -0.39 is 0 Å². The fourth-order valence-electron chi connectivity index (χ4n) is 2.78. The normalized spacial score (nSPS) is 13.2. The van der Waals surface area contributed by atoms with Gasteiger partial charge >= 0.3 is 0 Å². The fraction of sp³-hybridized carbons (Fsp3) is 0.300. The molecule has 2 aromatic rings. The summed E-state index contributed by atoms with van der Waals surface area (Å²) in [5.41, 5.74) is 3.45. The molecule has 0 aromatic heterocycles. The quantitative estimate of drug-likeness (QED) is 0.880. The molecule has 1 heterocycles. The van der Waals surface area contributed by atoms with Gasteiger partial charge in [-0.2, -0.15) is 0 Å². The zero-order valence-corrected chi connectivity index (χ0v) is 14.5. The maximum Gasteiger partial charge on any atom is 0.262 e. The number of rotatable bonds is 5. The molecule has 0 atom stereocenters. The molecule has 2 N–H and O–H groups in total. The minimum absolute atomic E-state index is 0.0791. The van der Waals surface area contributed by atoms with Gasteiger partial charge in [-0.05, 0) is 47.7 Å². The summed E-state index contributed by atoms with van der Waals surface area (Å²) >= 11 is 0. The van der Waals surface area contributed by atoms with Gasteiger partial charge in [0.15, 0.2) is 6.61 Å². The van der Waals surface area contributed by atoms with Crippen molar-refractivity contribution in [2.75, 3.05) is 18.5 Å². The number of hydrogen-bond donors (Lipinski definition) is 2. The van der Waals surface area contributed by atoms with Crippen LogP contribution in [0.25, 0.3) is 0 Å². The van der Waals surface area contributed by atoms with Gasteiger partial charge in [-0.1, -0.05) is 32.0 Å². The molecule has 0 fully saturated rings. The van der Waals surface area contributed by atoms with E-state index in [1.807, 2.05) is 36.4 Å². The number of nitrogens with one attached hydrogen (secondary N) is 2. The second-order valence-corrected chi connectivity index (χ2v) is 6.44. The first kappa shape index (κ1) is 17.0. The van der Waals surface area contributed by atoms with Crippen LogP contribution in [0.15, 0.2) is 42.5 Å². The summed E-state index contributed by atoms with van der Waals surface area (Å²) < 4.78 is 5.52. The molecule has 0 saturated heterocycles. The van der Waals surface area contributed by atoms with Crippen molar-refractivity contribution in [3.8, 4) is 5.75 Å². The molecule has 0 bridgehead atoms. The molecule has 0 unspecified atom stereocenters. The van der Waals surface area contributed by atoms with Gasteiger partial charge in [0.2, 0.25) is 0 Å². The van der Waals surface area contributed by atoms with Crippen LogP contribution in [0.4, 0.5) is 5.69 Å². The standard InChI is InChI=1S/C20H22N2O3/c1-13(2)14-4-7-17(8-5-14)25-12-19(23)22-16-6-3-15-9-10-21-20(24)18(15)11-16/h3-8,11,13H,9-10,12H2,1-2H3,(H,21,24)(H,22,23). The molecule has 5 heteroatoms. The summed E-state index contributed by atoms with van der Waals surface area (Å²) in [5, 5.41) is 5.57. The zero-order valence-electron chi connectivity index (χ0n) is 14.5. The molecule has 3 rings (SSSR count). The number of hydrogen-bond acceptors (Lipinski definition) is 3. The van der Waals surface area contributed by atoms with E-state index in [0.717, 1.165) is 12.0 Å². The second kappa shape index (κ2) is 7.38. The number of carbonyl (C=O) groups excluding carboxylic acids is 2. The highest BCUT2D eigenvalue weighted by Gasteiger charge is 2.17. The Kier molecular flexibility index (Phi) is 5.03.